The van der Waals surface area contributed by atoms with Crippen molar-refractivity contribution in [1.29, 1.82) is 0 Å². The summed E-state index contributed by atoms with van der Waals surface area (Å²) in [5, 5.41) is 4.14. The molecule has 1 aliphatic heterocycles. The van der Waals surface area contributed by atoms with Crippen LogP contribution in [0.3, 0.4) is 0 Å². The first-order chi connectivity index (χ1) is 6.70. The zero-order valence-electron chi connectivity index (χ0n) is 8.47. The van der Waals surface area contributed by atoms with E-state index in [4.69, 9.17) is 5.73 Å². The molecule has 0 radical (unpaired) electrons. The van der Waals surface area contributed by atoms with Crippen LogP contribution < -0.4 is 5.73 Å². The average molecular weight is 232 g/mol. The Hall–Kier alpha value is -1.07. The fourth-order valence-corrected chi connectivity index (χ4v) is 1.68. The number of aromatic nitrogens is 2. The minimum absolute atomic E-state index is 0. The molecule has 15 heavy (non-hydrogen) atoms. The van der Waals surface area contributed by atoms with E-state index in [1.54, 1.807) is 6.07 Å². The van der Waals surface area contributed by atoms with Crippen molar-refractivity contribution in [2.45, 2.75) is 25.4 Å². The van der Waals surface area contributed by atoms with Gasteiger partial charge in [0.2, 0.25) is 0 Å². The van der Waals surface area contributed by atoms with Crippen molar-refractivity contribution in [2.24, 2.45) is 5.73 Å². The molecule has 0 amide bonds. The van der Waals surface area contributed by atoms with E-state index in [9.17, 15) is 4.79 Å². The van der Waals surface area contributed by atoms with Crippen LogP contribution in [0.25, 0.3) is 0 Å². The number of methoxy groups -OCH3 is 1. The van der Waals surface area contributed by atoms with Crippen molar-refractivity contribution in [3.63, 3.8) is 0 Å². The molecule has 6 heteroatoms. The lowest BCUT2D eigenvalue weighted by atomic mass is 10.1. The molecule has 1 atom stereocenters. The van der Waals surface area contributed by atoms with E-state index in [0.29, 0.717) is 5.69 Å². The number of hydrogen-bond donors (Lipinski definition) is 1. The first-order valence-corrected chi connectivity index (χ1v) is 4.61. The number of ether oxygens (including phenoxy) is 1. The Morgan fingerprint density at radius 2 is 2.47 bits per heavy atom. The van der Waals surface area contributed by atoms with Gasteiger partial charge in [0.05, 0.1) is 7.11 Å². The summed E-state index contributed by atoms with van der Waals surface area (Å²) in [7, 11) is 1.35. The molecular formula is C9H14ClN3O2. The number of halogens is 1. The van der Waals surface area contributed by atoms with Crippen LogP contribution in [0, 0.1) is 0 Å². The van der Waals surface area contributed by atoms with Gasteiger partial charge in [0.25, 0.3) is 0 Å². The highest BCUT2D eigenvalue weighted by Crippen LogP contribution is 2.15. The second kappa shape index (κ2) is 4.63. The maximum atomic E-state index is 11.2. The van der Waals surface area contributed by atoms with Crippen molar-refractivity contribution in [1.82, 2.24) is 9.78 Å². The highest BCUT2D eigenvalue weighted by Gasteiger charge is 2.20. The molecule has 0 bridgehead atoms. The van der Waals surface area contributed by atoms with Gasteiger partial charge in [-0.3, -0.25) is 4.68 Å². The van der Waals surface area contributed by atoms with E-state index < -0.39 is 0 Å². The molecule has 0 fully saturated rings. The summed E-state index contributed by atoms with van der Waals surface area (Å²) in [4.78, 5) is 11.2. The fraction of sp³-hybridized carbons (Fsp3) is 0.556. The first kappa shape index (κ1) is 12.0. The van der Waals surface area contributed by atoms with Gasteiger partial charge >= 0.3 is 5.97 Å². The van der Waals surface area contributed by atoms with Crippen molar-refractivity contribution in [3.05, 3.63) is 17.5 Å². The molecule has 5 nitrogen and oxygen atoms in total. The number of fused-ring (bicyclic) bond motifs is 1. The van der Waals surface area contributed by atoms with Crippen molar-refractivity contribution >= 4 is 18.4 Å². The van der Waals surface area contributed by atoms with Crippen LogP contribution in [-0.4, -0.2) is 28.9 Å². The molecule has 84 valence electrons. The number of nitrogens with two attached hydrogens (primary N) is 1. The molecule has 2 N–H and O–H groups in total. The smallest absolute Gasteiger partial charge is 0.358 e. The van der Waals surface area contributed by atoms with Crippen molar-refractivity contribution < 1.29 is 9.53 Å². The second-order valence-electron chi connectivity index (χ2n) is 3.49. The fourth-order valence-electron chi connectivity index (χ4n) is 1.68. The molecule has 0 aromatic carbocycles. The lowest BCUT2D eigenvalue weighted by Gasteiger charge is -2.18. The quantitative estimate of drug-likeness (QED) is 0.709. The summed E-state index contributed by atoms with van der Waals surface area (Å²) < 4.78 is 6.42. The van der Waals surface area contributed by atoms with Crippen LogP contribution >= 0.6 is 12.4 Å². The van der Waals surface area contributed by atoms with E-state index >= 15 is 0 Å². The molecule has 1 aliphatic rings. The molecule has 1 aromatic rings. The summed E-state index contributed by atoms with van der Waals surface area (Å²) in [5.74, 6) is -0.388. The predicted octanol–water partition coefficient (Wildman–Crippen LogP) is 0.365. The third kappa shape index (κ3) is 2.30. The Labute approximate surface area is 94.0 Å². The third-order valence-electron chi connectivity index (χ3n) is 2.44. The number of esters is 1. The van der Waals surface area contributed by atoms with E-state index in [1.165, 1.54) is 7.11 Å². The number of nitrogens with zero attached hydrogens (tertiary/aromatic N) is 2. The largest absolute Gasteiger partial charge is 0.464 e. The normalized spacial score (nSPS) is 18.9. The number of carbonyl (C=O) groups excluding carboxylic acids is 1. The standard InChI is InChI=1S/C9H13N3O2.ClH/c1-14-9(13)8-5-7-4-6(10)2-3-12(7)11-8;/h5-6H,2-4,10H2,1H3;1H. The van der Waals surface area contributed by atoms with Crippen LogP contribution in [0.5, 0.6) is 0 Å². The molecule has 0 spiro atoms. The zero-order chi connectivity index (χ0) is 10.1. The summed E-state index contributed by atoms with van der Waals surface area (Å²) in [6.07, 6.45) is 1.69. The van der Waals surface area contributed by atoms with Gasteiger partial charge in [0.15, 0.2) is 5.69 Å². The lowest BCUT2D eigenvalue weighted by molar-refractivity contribution is 0.0593. The molecule has 0 saturated heterocycles. The van der Waals surface area contributed by atoms with Gasteiger partial charge < -0.3 is 10.5 Å². The summed E-state index contributed by atoms with van der Waals surface area (Å²) in [6, 6.07) is 1.94. The molecule has 2 heterocycles. The van der Waals surface area contributed by atoms with Gasteiger partial charge in [-0.2, -0.15) is 5.10 Å². The Morgan fingerprint density at radius 3 is 3.13 bits per heavy atom. The Morgan fingerprint density at radius 1 is 1.73 bits per heavy atom. The first-order valence-electron chi connectivity index (χ1n) is 4.61. The van der Waals surface area contributed by atoms with E-state index in [2.05, 4.69) is 9.84 Å². The monoisotopic (exact) mass is 231 g/mol. The Balaban J connectivity index is 0.00000112. The highest BCUT2D eigenvalue weighted by atomic mass is 35.5. The molecular weight excluding hydrogens is 218 g/mol. The highest BCUT2D eigenvalue weighted by molar-refractivity contribution is 5.87. The second-order valence-corrected chi connectivity index (χ2v) is 3.49. The van der Waals surface area contributed by atoms with Gasteiger partial charge in [-0.1, -0.05) is 0 Å². The molecule has 1 aromatic heterocycles. The third-order valence-corrected chi connectivity index (χ3v) is 2.44. The van der Waals surface area contributed by atoms with E-state index in [0.717, 1.165) is 25.1 Å². The van der Waals surface area contributed by atoms with E-state index in [-0.39, 0.29) is 24.4 Å². The maximum Gasteiger partial charge on any atom is 0.358 e. The van der Waals surface area contributed by atoms with Crippen LogP contribution in [0.4, 0.5) is 0 Å². The SMILES string of the molecule is COC(=O)c1cc2n(n1)CCC(N)C2.Cl. The summed E-state index contributed by atoms with van der Waals surface area (Å²) in [6.45, 7) is 0.785. The number of rotatable bonds is 1. The Bertz CT molecular complexity index is 364. The minimum atomic E-state index is -0.388. The van der Waals surface area contributed by atoms with Crippen LogP contribution in [-0.2, 0) is 17.7 Å². The van der Waals surface area contributed by atoms with Gasteiger partial charge in [-0.25, -0.2) is 4.79 Å². The van der Waals surface area contributed by atoms with Crippen LogP contribution in [0.2, 0.25) is 0 Å². The van der Waals surface area contributed by atoms with Gasteiger partial charge in [-0.15, -0.1) is 12.4 Å². The van der Waals surface area contributed by atoms with Gasteiger partial charge in [0, 0.05) is 24.7 Å². The maximum absolute atomic E-state index is 11.2. The zero-order valence-corrected chi connectivity index (χ0v) is 9.29. The van der Waals surface area contributed by atoms with Crippen LogP contribution in [0.15, 0.2) is 6.07 Å². The number of aryl methyl sites for hydroxylation is 1. The van der Waals surface area contributed by atoms with E-state index in [1.807, 2.05) is 4.68 Å². The topological polar surface area (TPSA) is 70.1 Å². The minimum Gasteiger partial charge on any atom is -0.464 e. The Kier molecular flexibility index (Phi) is 3.71. The average Bonchev–Trinajstić information content (AvgIpc) is 2.59. The summed E-state index contributed by atoms with van der Waals surface area (Å²) >= 11 is 0. The summed E-state index contributed by atoms with van der Waals surface area (Å²) in [5.41, 5.74) is 7.20. The van der Waals surface area contributed by atoms with Gasteiger partial charge in [-0.05, 0) is 12.5 Å². The van der Waals surface area contributed by atoms with Gasteiger partial charge in [0.1, 0.15) is 0 Å². The lowest BCUT2D eigenvalue weighted by Crippen LogP contribution is -2.30. The molecule has 2 rings (SSSR count). The van der Waals surface area contributed by atoms with Crippen molar-refractivity contribution in [2.75, 3.05) is 7.11 Å². The predicted molar refractivity (Wildman–Crippen MR) is 57.1 cm³/mol. The molecule has 0 saturated carbocycles. The number of carbonyl (C=O) groups is 1. The molecule has 0 aliphatic carbocycles. The molecule has 1 unspecified atom stereocenters. The number of hydrogen-bond acceptors (Lipinski definition) is 4. The van der Waals surface area contributed by atoms with Crippen LogP contribution in [0.1, 0.15) is 22.6 Å². The van der Waals surface area contributed by atoms with Crippen molar-refractivity contribution in [3.8, 4) is 0 Å².